The van der Waals surface area contributed by atoms with Gasteiger partial charge in [0.2, 0.25) is 5.91 Å². The molecular formula is C13H26N2OS. The molecule has 1 aliphatic rings. The number of hydrogen-bond donors (Lipinski definition) is 2. The van der Waals surface area contributed by atoms with E-state index in [-0.39, 0.29) is 11.3 Å². The van der Waals surface area contributed by atoms with Crippen LogP contribution in [0.5, 0.6) is 0 Å². The van der Waals surface area contributed by atoms with Gasteiger partial charge in [-0.15, -0.1) is 0 Å². The maximum atomic E-state index is 12.1. The van der Waals surface area contributed by atoms with Gasteiger partial charge in [-0.3, -0.25) is 4.79 Å². The SMILES string of the molecule is CCSC1CCCC1NC(=O)[C@@H](N)C(C)(C)C. The van der Waals surface area contributed by atoms with Crippen molar-refractivity contribution >= 4 is 17.7 Å². The summed E-state index contributed by atoms with van der Waals surface area (Å²) in [7, 11) is 0. The van der Waals surface area contributed by atoms with Crippen molar-refractivity contribution in [2.75, 3.05) is 5.75 Å². The van der Waals surface area contributed by atoms with Gasteiger partial charge in [-0.1, -0.05) is 34.1 Å². The Kier molecular flexibility index (Phi) is 5.32. The number of thioether (sulfide) groups is 1. The minimum Gasteiger partial charge on any atom is -0.351 e. The molecule has 0 radical (unpaired) electrons. The van der Waals surface area contributed by atoms with Crippen molar-refractivity contribution in [3.63, 3.8) is 0 Å². The van der Waals surface area contributed by atoms with Gasteiger partial charge in [0.15, 0.2) is 0 Å². The molecule has 2 unspecified atom stereocenters. The fraction of sp³-hybridized carbons (Fsp3) is 0.923. The zero-order valence-electron chi connectivity index (χ0n) is 11.5. The van der Waals surface area contributed by atoms with Crippen LogP contribution >= 0.6 is 11.8 Å². The summed E-state index contributed by atoms with van der Waals surface area (Å²) in [6.07, 6.45) is 3.53. The lowest BCUT2D eigenvalue weighted by Gasteiger charge is -2.28. The van der Waals surface area contributed by atoms with Crippen LogP contribution in [0.4, 0.5) is 0 Å². The van der Waals surface area contributed by atoms with E-state index in [1.165, 1.54) is 12.8 Å². The number of nitrogens with one attached hydrogen (secondary N) is 1. The second kappa shape index (κ2) is 6.10. The molecule has 1 fully saturated rings. The zero-order valence-corrected chi connectivity index (χ0v) is 12.3. The maximum Gasteiger partial charge on any atom is 0.237 e. The Morgan fingerprint density at radius 2 is 2.12 bits per heavy atom. The molecule has 1 rings (SSSR count). The molecule has 3 N–H and O–H groups in total. The molecule has 1 aliphatic carbocycles. The van der Waals surface area contributed by atoms with Gasteiger partial charge in [0, 0.05) is 11.3 Å². The molecule has 0 aromatic carbocycles. The van der Waals surface area contributed by atoms with Crippen molar-refractivity contribution in [3.8, 4) is 0 Å². The van der Waals surface area contributed by atoms with Crippen molar-refractivity contribution in [1.29, 1.82) is 0 Å². The minimum atomic E-state index is -0.421. The fourth-order valence-corrected chi connectivity index (χ4v) is 3.37. The summed E-state index contributed by atoms with van der Waals surface area (Å²) >= 11 is 1.95. The highest BCUT2D eigenvalue weighted by Gasteiger charge is 2.33. The summed E-state index contributed by atoms with van der Waals surface area (Å²) < 4.78 is 0. The van der Waals surface area contributed by atoms with Crippen molar-refractivity contribution in [3.05, 3.63) is 0 Å². The largest absolute Gasteiger partial charge is 0.351 e. The van der Waals surface area contributed by atoms with Crippen molar-refractivity contribution < 1.29 is 4.79 Å². The third kappa shape index (κ3) is 4.18. The molecule has 0 aromatic heterocycles. The molecule has 4 heteroatoms. The van der Waals surface area contributed by atoms with E-state index < -0.39 is 6.04 Å². The zero-order chi connectivity index (χ0) is 13.1. The van der Waals surface area contributed by atoms with Gasteiger partial charge in [0.05, 0.1) is 6.04 Å². The van der Waals surface area contributed by atoms with Crippen molar-refractivity contribution in [1.82, 2.24) is 5.32 Å². The molecule has 17 heavy (non-hydrogen) atoms. The predicted molar refractivity (Wildman–Crippen MR) is 75.1 cm³/mol. The monoisotopic (exact) mass is 258 g/mol. The van der Waals surface area contributed by atoms with E-state index in [4.69, 9.17) is 5.73 Å². The summed E-state index contributed by atoms with van der Waals surface area (Å²) in [5.41, 5.74) is 5.80. The molecule has 0 aliphatic heterocycles. The Balaban J connectivity index is 2.50. The van der Waals surface area contributed by atoms with Crippen molar-refractivity contribution in [2.24, 2.45) is 11.1 Å². The van der Waals surface area contributed by atoms with E-state index in [1.807, 2.05) is 32.5 Å². The quantitative estimate of drug-likeness (QED) is 0.812. The third-order valence-corrected chi connectivity index (χ3v) is 4.70. The lowest BCUT2D eigenvalue weighted by atomic mass is 9.87. The molecule has 0 bridgehead atoms. The molecule has 0 saturated heterocycles. The first-order valence-corrected chi connectivity index (χ1v) is 7.58. The van der Waals surface area contributed by atoms with Crippen LogP contribution in [-0.4, -0.2) is 29.0 Å². The lowest BCUT2D eigenvalue weighted by Crippen LogP contribution is -2.52. The topological polar surface area (TPSA) is 55.1 Å². The first-order valence-electron chi connectivity index (χ1n) is 6.53. The average molecular weight is 258 g/mol. The van der Waals surface area contributed by atoms with Crippen LogP contribution in [0.1, 0.15) is 47.0 Å². The average Bonchev–Trinajstić information content (AvgIpc) is 2.64. The summed E-state index contributed by atoms with van der Waals surface area (Å²) in [6.45, 7) is 8.18. The third-order valence-electron chi connectivity index (χ3n) is 3.38. The van der Waals surface area contributed by atoms with Gasteiger partial charge in [-0.25, -0.2) is 0 Å². The van der Waals surface area contributed by atoms with Crippen LogP contribution in [-0.2, 0) is 4.79 Å². The molecule has 0 aromatic rings. The maximum absolute atomic E-state index is 12.1. The summed E-state index contributed by atoms with van der Waals surface area (Å²) in [5.74, 6) is 1.12. The Labute approximate surface area is 109 Å². The minimum absolute atomic E-state index is 0.00565. The lowest BCUT2D eigenvalue weighted by molar-refractivity contribution is -0.125. The predicted octanol–water partition coefficient (Wildman–Crippen LogP) is 2.15. The Morgan fingerprint density at radius 3 is 2.65 bits per heavy atom. The molecule has 0 spiro atoms. The summed E-state index contributed by atoms with van der Waals surface area (Å²) in [4.78, 5) is 12.1. The molecule has 3 atom stereocenters. The van der Waals surface area contributed by atoms with E-state index in [0.29, 0.717) is 11.3 Å². The molecule has 1 saturated carbocycles. The summed E-state index contributed by atoms with van der Waals surface area (Å²) in [5, 5.41) is 3.72. The van der Waals surface area contributed by atoms with Gasteiger partial charge >= 0.3 is 0 Å². The van der Waals surface area contributed by atoms with E-state index in [0.717, 1.165) is 12.2 Å². The van der Waals surface area contributed by atoms with Crippen LogP contribution in [0.15, 0.2) is 0 Å². The number of hydrogen-bond acceptors (Lipinski definition) is 3. The van der Waals surface area contributed by atoms with E-state index in [1.54, 1.807) is 0 Å². The van der Waals surface area contributed by atoms with E-state index >= 15 is 0 Å². The number of carbonyl (C=O) groups is 1. The highest BCUT2D eigenvalue weighted by Crippen LogP contribution is 2.30. The molecule has 1 amide bonds. The fourth-order valence-electron chi connectivity index (χ4n) is 2.17. The van der Waals surface area contributed by atoms with Crippen molar-refractivity contribution in [2.45, 2.75) is 64.3 Å². The van der Waals surface area contributed by atoms with Gasteiger partial charge in [0.25, 0.3) is 0 Å². The van der Waals surface area contributed by atoms with Crippen LogP contribution in [0.3, 0.4) is 0 Å². The van der Waals surface area contributed by atoms with Crippen LogP contribution in [0.2, 0.25) is 0 Å². The first-order chi connectivity index (χ1) is 7.86. The normalized spacial score (nSPS) is 26.9. The van der Waals surface area contributed by atoms with Gasteiger partial charge in [-0.05, 0) is 24.0 Å². The van der Waals surface area contributed by atoms with Gasteiger partial charge < -0.3 is 11.1 Å². The second-order valence-corrected chi connectivity index (χ2v) is 7.40. The highest BCUT2D eigenvalue weighted by molar-refractivity contribution is 7.99. The Morgan fingerprint density at radius 1 is 1.47 bits per heavy atom. The van der Waals surface area contributed by atoms with Crippen LogP contribution < -0.4 is 11.1 Å². The highest BCUT2D eigenvalue weighted by atomic mass is 32.2. The standard InChI is InChI=1S/C13H26N2OS/c1-5-17-10-8-6-7-9(10)15-12(16)11(14)13(2,3)4/h9-11H,5-8,14H2,1-4H3,(H,15,16)/t9?,10?,11-/m1/s1. The molecule has 3 nitrogen and oxygen atoms in total. The second-order valence-electron chi connectivity index (χ2n) is 5.88. The molecule has 100 valence electrons. The number of nitrogens with two attached hydrogens (primary N) is 1. The van der Waals surface area contributed by atoms with Crippen LogP contribution in [0, 0.1) is 5.41 Å². The number of carbonyl (C=O) groups excluding carboxylic acids is 1. The molecular weight excluding hydrogens is 232 g/mol. The first kappa shape index (κ1) is 14.8. The van der Waals surface area contributed by atoms with Gasteiger partial charge in [-0.2, -0.15) is 11.8 Å². The Hall–Kier alpha value is -0.220. The number of rotatable bonds is 4. The van der Waals surface area contributed by atoms with Gasteiger partial charge in [0.1, 0.15) is 0 Å². The number of amides is 1. The van der Waals surface area contributed by atoms with Crippen LogP contribution in [0.25, 0.3) is 0 Å². The summed E-state index contributed by atoms with van der Waals surface area (Å²) in [6, 6.07) is -0.101. The van der Waals surface area contributed by atoms with E-state index in [2.05, 4.69) is 12.2 Å². The Bertz CT molecular complexity index is 263. The molecule has 0 heterocycles. The van der Waals surface area contributed by atoms with E-state index in [9.17, 15) is 4.79 Å². The smallest absolute Gasteiger partial charge is 0.237 e.